The lowest BCUT2D eigenvalue weighted by molar-refractivity contribution is 0.589. The first-order valence-electron chi connectivity index (χ1n) is 6.83. The van der Waals surface area contributed by atoms with E-state index in [9.17, 15) is 0 Å². The first kappa shape index (κ1) is 15.0. The van der Waals surface area contributed by atoms with Gasteiger partial charge in [0.25, 0.3) is 0 Å². The Morgan fingerprint density at radius 2 is 1.89 bits per heavy atom. The van der Waals surface area contributed by atoms with Crippen molar-refractivity contribution < 1.29 is 0 Å². The smallest absolute Gasteiger partial charge is 0.0396 e. The fraction of sp³-hybridized carbons (Fsp3) is 0.625. The van der Waals surface area contributed by atoms with Crippen molar-refractivity contribution in [3.8, 4) is 0 Å². The fourth-order valence-electron chi connectivity index (χ4n) is 2.10. The Hall–Kier alpha value is -1.02. The molecule has 0 fully saturated rings. The molecule has 0 bridgehead atoms. The van der Waals surface area contributed by atoms with Crippen molar-refractivity contribution in [1.29, 1.82) is 0 Å². The van der Waals surface area contributed by atoms with E-state index in [1.165, 1.54) is 23.2 Å². The average molecular weight is 248 g/mol. The third-order valence-corrected chi connectivity index (χ3v) is 3.41. The molecular formula is C16H28N2. The van der Waals surface area contributed by atoms with E-state index in [2.05, 4.69) is 63.2 Å². The van der Waals surface area contributed by atoms with Gasteiger partial charge in [0.2, 0.25) is 0 Å². The van der Waals surface area contributed by atoms with Gasteiger partial charge in [0.05, 0.1) is 0 Å². The van der Waals surface area contributed by atoms with E-state index in [4.69, 9.17) is 0 Å². The predicted molar refractivity (Wildman–Crippen MR) is 81.7 cm³/mol. The van der Waals surface area contributed by atoms with E-state index in [0.717, 1.165) is 13.1 Å². The van der Waals surface area contributed by atoms with Crippen molar-refractivity contribution >= 4 is 5.69 Å². The molecule has 1 N–H and O–H groups in total. The highest BCUT2D eigenvalue weighted by Gasteiger charge is 2.15. The second-order valence-electron chi connectivity index (χ2n) is 6.13. The first-order chi connectivity index (χ1) is 8.36. The largest absolute Gasteiger partial charge is 0.374 e. The van der Waals surface area contributed by atoms with Gasteiger partial charge in [-0.05, 0) is 49.5 Å². The summed E-state index contributed by atoms with van der Waals surface area (Å²) in [5.41, 5.74) is 4.34. The second-order valence-corrected chi connectivity index (χ2v) is 6.13. The third kappa shape index (κ3) is 4.02. The van der Waals surface area contributed by atoms with Crippen LogP contribution in [0, 0.1) is 6.92 Å². The van der Waals surface area contributed by atoms with Gasteiger partial charge in [-0.1, -0.05) is 32.9 Å². The van der Waals surface area contributed by atoms with Gasteiger partial charge in [-0.3, -0.25) is 0 Å². The number of nitrogens with zero attached hydrogens (tertiary/aromatic N) is 1. The van der Waals surface area contributed by atoms with Crippen LogP contribution in [-0.2, 0) is 5.41 Å². The van der Waals surface area contributed by atoms with E-state index < -0.39 is 0 Å². The Labute approximate surface area is 112 Å². The summed E-state index contributed by atoms with van der Waals surface area (Å²) in [5, 5.41) is 3.20. The van der Waals surface area contributed by atoms with Gasteiger partial charge in [-0.25, -0.2) is 0 Å². The molecular weight excluding hydrogens is 220 g/mol. The van der Waals surface area contributed by atoms with Gasteiger partial charge in [0, 0.05) is 19.3 Å². The lowest BCUT2D eigenvalue weighted by Gasteiger charge is -2.26. The van der Waals surface area contributed by atoms with E-state index in [0.29, 0.717) is 0 Å². The summed E-state index contributed by atoms with van der Waals surface area (Å²) < 4.78 is 0. The van der Waals surface area contributed by atoms with Crippen LogP contribution < -0.4 is 10.2 Å². The molecule has 0 heterocycles. The van der Waals surface area contributed by atoms with Crippen LogP contribution in [0.15, 0.2) is 18.2 Å². The molecule has 18 heavy (non-hydrogen) atoms. The van der Waals surface area contributed by atoms with Crippen molar-refractivity contribution in [3.63, 3.8) is 0 Å². The molecule has 0 spiro atoms. The molecule has 0 radical (unpaired) electrons. The Bertz CT molecular complexity index is 377. The zero-order chi connectivity index (χ0) is 13.8. The Morgan fingerprint density at radius 3 is 2.44 bits per heavy atom. The summed E-state index contributed by atoms with van der Waals surface area (Å²) >= 11 is 0. The highest BCUT2D eigenvalue weighted by atomic mass is 15.1. The number of hydrogen-bond acceptors (Lipinski definition) is 2. The molecule has 0 saturated carbocycles. The first-order valence-corrected chi connectivity index (χ1v) is 6.83. The summed E-state index contributed by atoms with van der Waals surface area (Å²) in [6, 6.07) is 6.83. The van der Waals surface area contributed by atoms with Crippen molar-refractivity contribution in [1.82, 2.24) is 5.32 Å². The molecule has 1 rings (SSSR count). The minimum atomic E-state index is 0.217. The topological polar surface area (TPSA) is 15.3 Å². The molecule has 0 aliphatic rings. The highest BCUT2D eigenvalue weighted by Crippen LogP contribution is 2.28. The Kier molecular flexibility index (Phi) is 5.21. The predicted octanol–water partition coefficient (Wildman–Crippen LogP) is 3.34. The summed E-state index contributed by atoms with van der Waals surface area (Å²) in [4.78, 5) is 2.36. The second kappa shape index (κ2) is 6.24. The number of nitrogens with one attached hydrogen (secondary N) is 1. The maximum atomic E-state index is 3.20. The maximum Gasteiger partial charge on any atom is 0.0396 e. The van der Waals surface area contributed by atoms with Crippen LogP contribution in [0.25, 0.3) is 0 Å². The number of anilines is 1. The quantitative estimate of drug-likeness (QED) is 0.804. The van der Waals surface area contributed by atoms with Crippen LogP contribution >= 0.6 is 0 Å². The number of hydrogen-bond donors (Lipinski definition) is 1. The van der Waals surface area contributed by atoms with Crippen LogP contribution in [0.5, 0.6) is 0 Å². The van der Waals surface area contributed by atoms with Crippen molar-refractivity contribution in [3.05, 3.63) is 29.3 Å². The standard InChI is InChI=1S/C16H28N2/c1-13-8-9-14(16(2,3)4)12-15(13)18(6)11-7-10-17-5/h8-9,12,17H,7,10-11H2,1-6H3. The fourth-order valence-corrected chi connectivity index (χ4v) is 2.10. The average Bonchev–Trinajstić information content (AvgIpc) is 2.28. The molecule has 0 aliphatic carbocycles. The van der Waals surface area contributed by atoms with Crippen LogP contribution in [0.1, 0.15) is 38.3 Å². The molecule has 0 atom stereocenters. The normalized spacial score (nSPS) is 11.7. The third-order valence-electron chi connectivity index (χ3n) is 3.41. The van der Waals surface area contributed by atoms with E-state index in [1.807, 2.05) is 7.05 Å². The van der Waals surface area contributed by atoms with Crippen LogP contribution in [0.4, 0.5) is 5.69 Å². The van der Waals surface area contributed by atoms with Crippen LogP contribution in [0.2, 0.25) is 0 Å². The summed E-state index contributed by atoms with van der Waals surface area (Å²) in [5.74, 6) is 0. The van der Waals surface area contributed by atoms with Crippen molar-refractivity contribution in [2.75, 3.05) is 32.1 Å². The van der Waals surface area contributed by atoms with Gasteiger partial charge in [-0.2, -0.15) is 0 Å². The minimum Gasteiger partial charge on any atom is -0.374 e. The van der Waals surface area contributed by atoms with Gasteiger partial charge in [0.1, 0.15) is 0 Å². The van der Waals surface area contributed by atoms with Gasteiger partial charge >= 0.3 is 0 Å². The molecule has 0 aromatic heterocycles. The molecule has 102 valence electrons. The maximum absolute atomic E-state index is 3.20. The SMILES string of the molecule is CNCCCN(C)c1cc(C(C)(C)C)ccc1C. The van der Waals surface area contributed by atoms with Crippen molar-refractivity contribution in [2.24, 2.45) is 0 Å². The van der Waals surface area contributed by atoms with Crippen LogP contribution in [0.3, 0.4) is 0 Å². The van der Waals surface area contributed by atoms with E-state index in [1.54, 1.807) is 0 Å². The Balaban J connectivity index is 2.86. The molecule has 2 heteroatoms. The summed E-state index contributed by atoms with van der Waals surface area (Å²) in [6.45, 7) is 11.2. The van der Waals surface area contributed by atoms with Gasteiger partial charge in [-0.15, -0.1) is 0 Å². The Morgan fingerprint density at radius 1 is 1.22 bits per heavy atom. The molecule has 1 aromatic rings. The molecule has 0 unspecified atom stereocenters. The van der Waals surface area contributed by atoms with Crippen molar-refractivity contribution in [2.45, 2.75) is 39.5 Å². The highest BCUT2D eigenvalue weighted by molar-refractivity contribution is 5.55. The van der Waals surface area contributed by atoms with Gasteiger partial charge in [0.15, 0.2) is 0 Å². The molecule has 1 aromatic carbocycles. The monoisotopic (exact) mass is 248 g/mol. The zero-order valence-electron chi connectivity index (χ0n) is 12.8. The lowest BCUT2D eigenvalue weighted by Crippen LogP contribution is -2.23. The number of rotatable bonds is 5. The molecule has 0 saturated heterocycles. The van der Waals surface area contributed by atoms with Gasteiger partial charge < -0.3 is 10.2 Å². The molecule has 0 amide bonds. The molecule has 2 nitrogen and oxygen atoms in total. The summed E-state index contributed by atoms with van der Waals surface area (Å²) in [7, 11) is 4.19. The minimum absolute atomic E-state index is 0.217. The molecule has 0 aliphatic heterocycles. The van der Waals surface area contributed by atoms with Crippen LogP contribution in [-0.4, -0.2) is 27.2 Å². The lowest BCUT2D eigenvalue weighted by atomic mass is 9.86. The van der Waals surface area contributed by atoms with E-state index >= 15 is 0 Å². The van der Waals surface area contributed by atoms with E-state index in [-0.39, 0.29) is 5.41 Å². The number of aryl methyl sites for hydroxylation is 1. The summed E-state index contributed by atoms with van der Waals surface area (Å²) in [6.07, 6.45) is 1.17. The zero-order valence-corrected chi connectivity index (χ0v) is 12.8. The number of benzene rings is 1.